The van der Waals surface area contributed by atoms with Crippen LogP contribution in [0.4, 0.5) is 5.13 Å². The van der Waals surface area contributed by atoms with E-state index in [0.29, 0.717) is 21.7 Å². The number of nitrogens with one attached hydrogen (secondary N) is 2. The molecule has 10 heteroatoms. The maximum Gasteiger partial charge on any atom is 0.251 e. The molecular weight excluding hydrogens is 468 g/mol. The topological polar surface area (TPSA) is 102 Å². The number of anilines is 1. The molecule has 2 aromatic heterocycles. The molecule has 2 amide bonds. The zero-order chi connectivity index (χ0) is 24.2. The summed E-state index contributed by atoms with van der Waals surface area (Å²) in [5.74, 6) is 0.582. The summed E-state index contributed by atoms with van der Waals surface area (Å²) >= 11 is 2.73. The molecule has 4 aromatic rings. The summed E-state index contributed by atoms with van der Waals surface area (Å²) in [7, 11) is 1.84. The number of aryl methyl sites for hydroxylation is 1. The highest BCUT2D eigenvalue weighted by atomic mass is 32.2. The van der Waals surface area contributed by atoms with E-state index in [1.165, 1.54) is 23.1 Å². The molecule has 34 heavy (non-hydrogen) atoms. The van der Waals surface area contributed by atoms with Gasteiger partial charge in [0.1, 0.15) is 0 Å². The molecule has 0 unspecified atom stereocenters. The van der Waals surface area contributed by atoms with Gasteiger partial charge in [-0.05, 0) is 37.1 Å². The Morgan fingerprint density at radius 1 is 1.09 bits per heavy atom. The summed E-state index contributed by atoms with van der Waals surface area (Å²) in [4.78, 5) is 29.7. The fourth-order valence-corrected chi connectivity index (χ4v) is 4.99. The van der Waals surface area contributed by atoms with Gasteiger partial charge >= 0.3 is 0 Å². The number of benzene rings is 2. The number of aromatic nitrogens is 4. The predicted molar refractivity (Wildman–Crippen MR) is 136 cm³/mol. The second kappa shape index (κ2) is 10.4. The highest BCUT2D eigenvalue weighted by Crippen LogP contribution is 2.27. The van der Waals surface area contributed by atoms with Gasteiger partial charge in [-0.25, -0.2) is 4.98 Å². The predicted octanol–water partition coefficient (Wildman–Crippen LogP) is 4.59. The van der Waals surface area contributed by atoms with Crippen molar-refractivity contribution in [2.75, 3.05) is 11.1 Å². The smallest absolute Gasteiger partial charge is 0.251 e. The van der Waals surface area contributed by atoms with E-state index < -0.39 is 0 Å². The van der Waals surface area contributed by atoms with Crippen LogP contribution in [0.2, 0.25) is 0 Å². The molecule has 2 N–H and O–H groups in total. The van der Waals surface area contributed by atoms with E-state index in [1.807, 2.05) is 80.9 Å². The Bertz CT molecular complexity index is 1280. The SMILES string of the molecule is Cc1ccc(C(=O)N[C@@H](c2nnc(SCC(=O)Nc3nc4ccccc4s3)n2C)C(C)C)cc1. The van der Waals surface area contributed by atoms with Crippen LogP contribution in [0.5, 0.6) is 0 Å². The van der Waals surface area contributed by atoms with Gasteiger partial charge in [-0.15, -0.1) is 10.2 Å². The number of hydrogen-bond donors (Lipinski definition) is 2. The number of thioether (sulfide) groups is 1. The number of carbonyl (C=O) groups is 2. The number of rotatable bonds is 8. The van der Waals surface area contributed by atoms with Gasteiger partial charge < -0.3 is 15.2 Å². The summed E-state index contributed by atoms with van der Waals surface area (Å²) in [6.45, 7) is 6.02. The Labute approximate surface area is 206 Å². The highest BCUT2D eigenvalue weighted by Gasteiger charge is 2.25. The van der Waals surface area contributed by atoms with Crippen molar-refractivity contribution in [3.63, 3.8) is 0 Å². The van der Waals surface area contributed by atoms with Gasteiger partial charge in [0.2, 0.25) is 5.91 Å². The Morgan fingerprint density at radius 2 is 1.82 bits per heavy atom. The van der Waals surface area contributed by atoms with Crippen LogP contribution in [0.3, 0.4) is 0 Å². The minimum absolute atomic E-state index is 0.0949. The molecule has 0 saturated heterocycles. The van der Waals surface area contributed by atoms with Crippen LogP contribution < -0.4 is 10.6 Å². The average molecular weight is 495 g/mol. The third-order valence-corrected chi connectivity index (χ3v) is 7.26. The lowest BCUT2D eigenvalue weighted by atomic mass is 10.0. The lowest BCUT2D eigenvalue weighted by Gasteiger charge is -2.21. The lowest BCUT2D eigenvalue weighted by Crippen LogP contribution is -2.33. The van der Waals surface area contributed by atoms with Gasteiger partial charge in [0.15, 0.2) is 16.1 Å². The van der Waals surface area contributed by atoms with E-state index in [9.17, 15) is 9.59 Å². The van der Waals surface area contributed by atoms with E-state index in [-0.39, 0.29) is 29.5 Å². The molecule has 0 spiro atoms. The van der Waals surface area contributed by atoms with E-state index in [2.05, 4.69) is 25.8 Å². The Hall–Kier alpha value is -3.24. The largest absolute Gasteiger partial charge is 0.342 e. The maximum absolute atomic E-state index is 12.8. The summed E-state index contributed by atoms with van der Waals surface area (Å²) < 4.78 is 2.85. The second-order valence-corrected chi connectivity index (χ2v) is 10.3. The lowest BCUT2D eigenvalue weighted by molar-refractivity contribution is -0.113. The number of hydrogen-bond acceptors (Lipinski definition) is 7. The van der Waals surface area contributed by atoms with Crippen molar-refractivity contribution in [2.24, 2.45) is 13.0 Å². The summed E-state index contributed by atoms with van der Waals surface area (Å²) in [6, 6.07) is 14.9. The van der Waals surface area contributed by atoms with Crippen LogP contribution in [0.25, 0.3) is 10.2 Å². The molecule has 8 nitrogen and oxygen atoms in total. The molecule has 0 aliphatic heterocycles. The zero-order valence-electron chi connectivity index (χ0n) is 19.4. The van der Waals surface area contributed by atoms with Crippen LogP contribution in [0.15, 0.2) is 53.7 Å². The molecule has 0 aliphatic carbocycles. The maximum atomic E-state index is 12.8. The average Bonchev–Trinajstić information content (AvgIpc) is 3.38. The van der Waals surface area contributed by atoms with E-state index in [1.54, 1.807) is 0 Å². The van der Waals surface area contributed by atoms with Gasteiger partial charge in [-0.3, -0.25) is 9.59 Å². The molecular formula is C24H26N6O2S2. The number of fused-ring (bicyclic) bond motifs is 1. The molecule has 2 aromatic carbocycles. The number of thiazole rings is 1. The number of para-hydroxylation sites is 1. The molecule has 2 heterocycles. The van der Waals surface area contributed by atoms with Crippen molar-refractivity contribution >= 4 is 50.3 Å². The third kappa shape index (κ3) is 5.45. The number of amides is 2. The molecule has 0 aliphatic rings. The molecule has 0 radical (unpaired) electrons. The minimum Gasteiger partial charge on any atom is -0.342 e. The summed E-state index contributed by atoms with van der Waals surface area (Å²) in [5.41, 5.74) is 2.56. The summed E-state index contributed by atoms with van der Waals surface area (Å²) in [5, 5.41) is 15.7. The first-order valence-electron chi connectivity index (χ1n) is 10.9. The van der Waals surface area contributed by atoms with E-state index in [4.69, 9.17) is 0 Å². The van der Waals surface area contributed by atoms with Crippen LogP contribution in [0.1, 0.15) is 41.6 Å². The van der Waals surface area contributed by atoms with Crippen molar-refractivity contribution in [3.8, 4) is 0 Å². The van der Waals surface area contributed by atoms with Crippen LogP contribution >= 0.6 is 23.1 Å². The van der Waals surface area contributed by atoms with Gasteiger partial charge in [-0.1, -0.05) is 66.8 Å². The fourth-order valence-electron chi connectivity index (χ4n) is 3.39. The van der Waals surface area contributed by atoms with Crippen LogP contribution in [0, 0.1) is 12.8 Å². The first-order valence-corrected chi connectivity index (χ1v) is 12.7. The first-order chi connectivity index (χ1) is 16.3. The van der Waals surface area contributed by atoms with Gasteiger partial charge in [0.25, 0.3) is 5.91 Å². The van der Waals surface area contributed by atoms with Gasteiger partial charge in [0.05, 0.1) is 22.0 Å². The minimum atomic E-state index is -0.322. The Balaban J connectivity index is 1.40. The first kappa shape index (κ1) is 23.9. The molecule has 4 rings (SSSR count). The quantitative estimate of drug-likeness (QED) is 0.347. The van der Waals surface area contributed by atoms with E-state index in [0.717, 1.165) is 15.8 Å². The zero-order valence-corrected chi connectivity index (χ0v) is 21.0. The van der Waals surface area contributed by atoms with Crippen molar-refractivity contribution in [3.05, 3.63) is 65.5 Å². The standard InChI is InChI=1S/C24H26N6O2S2/c1-14(2)20(27-22(32)16-11-9-15(3)10-12-16)21-28-29-24(30(21)4)33-13-19(31)26-23-25-17-7-5-6-8-18(17)34-23/h5-12,14,20H,13H2,1-4H3,(H,27,32)(H,25,26,31)/t20-/m1/s1. The second-order valence-electron chi connectivity index (χ2n) is 8.28. The number of nitrogens with zero attached hydrogens (tertiary/aromatic N) is 4. The van der Waals surface area contributed by atoms with Crippen molar-refractivity contribution in [2.45, 2.75) is 32.0 Å². The van der Waals surface area contributed by atoms with Crippen LogP contribution in [-0.4, -0.2) is 37.3 Å². The van der Waals surface area contributed by atoms with Crippen LogP contribution in [-0.2, 0) is 11.8 Å². The molecule has 1 atom stereocenters. The van der Waals surface area contributed by atoms with E-state index >= 15 is 0 Å². The third-order valence-electron chi connectivity index (χ3n) is 5.29. The fraction of sp³-hybridized carbons (Fsp3) is 0.292. The van der Waals surface area contributed by atoms with Crippen molar-refractivity contribution in [1.29, 1.82) is 0 Å². The van der Waals surface area contributed by atoms with Gasteiger partial charge in [0, 0.05) is 12.6 Å². The molecule has 176 valence electrons. The highest BCUT2D eigenvalue weighted by molar-refractivity contribution is 7.99. The molecule has 0 saturated carbocycles. The summed E-state index contributed by atoms with van der Waals surface area (Å²) in [6.07, 6.45) is 0. The monoisotopic (exact) mass is 494 g/mol. The van der Waals surface area contributed by atoms with Crippen molar-refractivity contribution in [1.82, 2.24) is 25.1 Å². The molecule has 0 fully saturated rings. The normalized spacial score (nSPS) is 12.1. The van der Waals surface area contributed by atoms with Crippen molar-refractivity contribution < 1.29 is 9.59 Å². The Morgan fingerprint density at radius 3 is 2.53 bits per heavy atom. The van der Waals surface area contributed by atoms with Gasteiger partial charge in [-0.2, -0.15) is 0 Å². The molecule has 0 bridgehead atoms. The Kier molecular flexibility index (Phi) is 7.28. The number of carbonyl (C=O) groups excluding carboxylic acids is 2.